The Hall–Kier alpha value is -1.33. The second-order valence-corrected chi connectivity index (χ2v) is 5.73. The van der Waals surface area contributed by atoms with Crippen LogP contribution in [0.4, 0.5) is 0 Å². The lowest BCUT2D eigenvalue weighted by Crippen LogP contribution is -2.11. The van der Waals surface area contributed by atoms with Crippen molar-refractivity contribution in [2.24, 2.45) is 5.73 Å². The molecule has 0 aliphatic rings. The fourth-order valence-electron chi connectivity index (χ4n) is 1.49. The van der Waals surface area contributed by atoms with E-state index in [1.807, 2.05) is 30.5 Å². The molecule has 0 radical (unpaired) electrons. The van der Waals surface area contributed by atoms with Crippen LogP contribution in [0, 0.1) is 12.3 Å². The zero-order valence-electron chi connectivity index (χ0n) is 9.87. The van der Waals surface area contributed by atoms with Gasteiger partial charge in [-0.3, -0.25) is 5.41 Å². The molecule has 2 aromatic rings. The third-order valence-electron chi connectivity index (χ3n) is 2.55. The van der Waals surface area contributed by atoms with E-state index in [4.69, 9.17) is 15.9 Å². The largest absolute Gasteiger partial charge is 0.488 e. The van der Waals surface area contributed by atoms with Crippen LogP contribution in [0.15, 0.2) is 34.1 Å². The number of halogens is 1. The van der Waals surface area contributed by atoms with Crippen LogP contribution in [0.1, 0.15) is 16.0 Å². The van der Waals surface area contributed by atoms with Gasteiger partial charge in [0.1, 0.15) is 18.2 Å². The van der Waals surface area contributed by atoms with Crippen molar-refractivity contribution < 1.29 is 4.74 Å². The van der Waals surface area contributed by atoms with E-state index >= 15 is 0 Å². The maximum Gasteiger partial charge on any atom is 0.124 e. The molecule has 0 aliphatic carbocycles. The molecule has 3 N–H and O–H groups in total. The highest BCUT2D eigenvalue weighted by atomic mass is 79.9. The van der Waals surface area contributed by atoms with Crippen molar-refractivity contribution in [3.8, 4) is 5.75 Å². The van der Waals surface area contributed by atoms with Crippen molar-refractivity contribution in [2.45, 2.75) is 13.5 Å². The molecule has 0 atom stereocenters. The third-order valence-corrected chi connectivity index (χ3v) is 4.45. The van der Waals surface area contributed by atoms with Gasteiger partial charge in [-0.1, -0.05) is 12.1 Å². The van der Waals surface area contributed by atoms with Gasteiger partial charge in [-0.25, -0.2) is 0 Å². The van der Waals surface area contributed by atoms with E-state index in [-0.39, 0.29) is 5.84 Å². The standard InChI is InChI=1S/C13H13BrN2OS/c1-8-2-3-9(13(15)16)6-11(8)17-7-12-10(14)4-5-18-12/h2-6H,7H2,1H3,(H3,15,16). The summed E-state index contributed by atoms with van der Waals surface area (Å²) >= 11 is 5.12. The van der Waals surface area contributed by atoms with Gasteiger partial charge in [0, 0.05) is 10.0 Å². The van der Waals surface area contributed by atoms with Gasteiger partial charge in [-0.05, 0) is 45.9 Å². The molecular weight excluding hydrogens is 312 g/mol. The quantitative estimate of drug-likeness (QED) is 0.665. The number of amidine groups is 1. The van der Waals surface area contributed by atoms with E-state index in [1.165, 1.54) is 0 Å². The van der Waals surface area contributed by atoms with E-state index in [0.29, 0.717) is 12.2 Å². The van der Waals surface area contributed by atoms with Crippen molar-refractivity contribution in [3.63, 3.8) is 0 Å². The number of benzene rings is 1. The van der Waals surface area contributed by atoms with E-state index in [1.54, 1.807) is 17.4 Å². The number of nitrogens with two attached hydrogens (primary N) is 1. The Morgan fingerprint density at radius 2 is 2.22 bits per heavy atom. The average molecular weight is 325 g/mol. The van der Waals surface area contributed by atoms with Crippen LogP contribution in [0.2, 0.25) is 0 Å². The van der Waals surface area contributed by atoms with E-state index < -0.39 is 0 Å². The van der Waals surface area contributed by atoms with Crippen LogP contribution in [0.25, 0.3) is 0 Å². The second-order valence-electron chi connectivity index (χ2n) is 3.87. The summed E-state index contributed by atoms with van der Waals surface area (Å²) in [6.07, 6.45) is 0. The van der Waals surface area contributed by atoms with Gasteiger partial charge in [-0.15, -0.1) is 11.3 Å². The molecule has 0 fully saturated rings. The predicted octanol–water partition coefficient (Wildman–Crippen LogP) is 3.68. The second kappa shape index (κ2) is 5.54. The summed E-state index contributed by atoms with van der Waals surface area (Å²) in [6, 6.07) is 7.54. The minimum Gasteiger partial charge on any atom is -0.488 e. The van der Waals surface area contributed by atoms with Gasteiger partial charge < -0.3 is 10.5 Å². The highest BCUT2D eigenvalue weighted by Crippen LogP contribution is 2.26. The maximum atomic E-state index is 7.42. The molecule has 0 bridgehead atoms. The fraction of sp³-hybridized carbons (Fsp3) is 0.154. The first-order chi connectivity index (χ1) is 8.58. The van der Waals surface area contributed by atoms with Gasteiger partial charge in [0.2, 0.25) is 0 Å². The Morgan fingerprint density at radius 3 is 2.83 bits per heavy atom. The first-order valence-corrected chi connectivity index (χ1v) is 7.05. The van der Waals surface area contributed by atoms with Crippen molar-refractivity contribution in [1.29, 1.82) is 5.41 Å². The predicted molar refractivity (Wildman–Crippen MR) is 78.5 cm³/mol. The molecule has 3 nitrogen and oxygen atoms in total. The molecule has 0 saturated carbocycles. The zero-order valence-corrected chi connectivity index (χ0v) is 12.3. The number of hydrogen-bond acceptors (Lipinski definition) is 3. The Labute approximate surface area is 118 Å². The number of rotatable bonds is 4. The zero-order chi connectivity index (χ0) is 13.1. The molecule has 1 aromatic carbocycles. The number of ether oxygens (including phenoxy) is 1. The van der Waals surface area contributed by atoms with E-state index in [0.717, 1.165) is 20.7 Å². The topological polar surface area (TPSA) is 59.1 Å². The van der Waals surface area contributed by atoms with Gasteiger partial charge in [-0.2, -0.15) is 0 Å². The number of thiophene rings is 1. The van der Waals surface area contributed by atoms with Gasteiger partial charge >= 0.3 is 0 Å². The van der Waals surface area contributed by atoms with Gasteiger partial charge in [0.05, 0.1) is 4.88 Å². The Balaban J connectivity index is 2.16. The lowest BCUT2D eigenvalue weighted by molar-refractivity contribution is 0.307. The SMILES string of the molecule is Cc1ccc(C(=N)N)cc1OCc1sccc1Br. The molecular formula is C13H13BrN2OS. The van der Waals surface area contributed by atoms with Crippen molar-refractivity contribution in [3.05, 3.63) is 50.1 Å². The van der Waals surface area contributed by atoms with Crippen LogP contribution >= 0.6 is 27.3 Å². The van der Waals surface area contributed by atoms with Crippen molar-refractivity contribution >= 4 is 33.1 Å². The summed E-state index contributed by atoms with van der Waals surface area (Å²) < 4.78 is 6.84. The molecule has 18 heavy (non-hydrogen) atoms. The molecule has 5 heteroatoms. The molecule has 94 valence electrons. The fourth-order valence-corrected chi connectivity index (χ4v) is 2.87. The minimum atomic E-state index is 0.0529. The van der Waals surface area contributed by atoms with Crippen LogP contribution in [0.3, 0.4) is 0 Å². The maximum absolute atomic E-state index is 7.42. The molecule has 1 aromatic heterocycles. The number of aryl methyl sites for hydroxylation is 1. The van der Waals surface area contributed by atoms with Crippen LogP contribution in [0.5, 0.6) is 5.75 Å². The summed E-state index contributed by atoms with van der Waals surface area (Å²) in [5, 5.41) is 9.44. The van der Waals surface area contributed by atoms with Crippen LogP contribution in [-0.4, -0.2) is 5.84 Å². The molecule has 0 unspecified atom stereocenters. The number of nitrogen functional groups attached to an aromatic ring is 1. The summed E-state index contributed by atoms with van der Waals surface area (Å²) in [5.74, 6) is 0.820. The van der Waals surface area contributed by atoms with Gasteiger partial charge in [0.15, 0.2) is 0 Å². The third kappa shape index (κ3) is 2.91. The normalized spacial score (nSPS) is 10.3. The molecule has 0 saturated heterocycles. The van der Waals surface area contributed by atoms with Crippen LogP contribution in [-0.2, 0) is 6.61 Å². The molecule has 0 aliphatic heterocycles. The Morgan fingerprint density at radius 1 is 1.44 bits per heavy atom. The smallest absolute Gasteiger partial charge is 0.124 e. The average Bonchev–Trinajstić information content (AvgIpc) is 2.73. The number of hydrogen-bond donors (Lipinski definition) is 2. The summed E-state index contributed by atoms with van der Waals surface area (Å²) in [4.78, 5) is 1.14. The molecule has 0 amide bonds. The highest BCUT2D eigenvalue weighted by Gasteiger charge is 2.06. The first kappa shape index (κ1) is 13.1. The van der Waals surface area contributed by atoms with Crippen molar-refractivity contribution in [1.82, 2.24) is 0 Å². The van der Waals surface area contributed by atoms with E-state index in [2.05, 4.69) is 15.9 Å². The summed E-state index contributed by atoms with van der Waals surface area (Å²) in [5.41, 5.74) is 7.19. The first-order valence-electron chi connectivity index (χ1n) is 5.37. The minimum absolute atomic E-state index is 0.0529. The molecule has 2 rings (SSSR count). The highest BCUT2D eigenvalue weighted by molar-refractivity contribution is 9.10. The summed E-state index contributed by atoms with van der Waals surface area (Å²) in [6.45, 7) is 2.49. The lowest BCUT2D eigenvalue weighted by atomic mass is 10.1. The number of nitrogens with one attached hydrogen (secondary N) is 1. The molecule has 0 spiro atoms. The lowest BCUT2D eigenvalue weighted by Gasteiger charge is -2.10. The molecule has 1 heterocycles. The van der Waals surface area contributed by atoms with E-state index in [9.17, 15) is 0 Å². The summed E-state index contributed by atoms with van der Waals surface area (Å²) in [7, 11) is 0. The van der Waals surface area contributed by atoms with Crippen molar-refractivity contribution in [2.75, 3.05) is 0 Å². The monoisotopic (exact) mass is 324 g/mol. The Kier molecular flexibility index (Phi) is 4.04. The van der Waals surface area contributed by atoms with Gasteiger partial charge in [0.25, 0.3) is 0 Å². The Bertz CT molecular complexity index is 580. The van der Waals surface area contributed by atoms with Crippen LogP contribution < -0.4 is 10.5 Å².